The zero-order chi connectivity index (χ0) is 47.2. The SMILES string of the molecule is CC(C)(C)C(c1cc(-c2cc(F)ccc2F)cn1Cc1ccccc1)N(CCCOC(N)=O)C(=O)CSCCC(=O)NCCOCCOCCNC(=O)CCCCCN1C(=O)C=CC1=O. The number of unbranched alkanes of at least 4 members (excludes halogenated alkanes) is 2. The van der Waals surface area contributed by atoms with E-state index < -0.39 is 29.2 Å². The molecule has 0 saturated carbocycles. The van der Waals surface area contributed by atoms with Crippen molar-refractivity contribution in [3.8, 4) is 11.1 Å². The van der Waals surface area contributed by atoms with Crippen molar-refractivity contribution in [3.63, 3.8) is 0 Å². The number of hydrogen-bond acceptors (Lipinski definition) is 10. The lowest BCUT2D eigenvalue weighted by molar-refractivity contribution is -0.137. The lowest BCUT2D eigenvalue weighted by Gasteiger charge is -2.41. The summed E-state index contributed by atoms with van der Waals surface area (Å²) < 4.78 is 47.5. The number of carbonyl (C=O) groups excluding carboxylic acids is 6. The molecule has 6 amide bonds. The van der Waals surface area contributed by atoms with E-state index in [2.05, 4.69) is 10.6 Å². The number of benzene rings is 2. The fourth-order valence-corrected chi connectivity index (χ4v) is 8.05. The third kappa shape index (κ3) is 18.1. The first-order valence-electron chi connectivity index (χ1n) is 21.8. The molecule has 65 heavy (non-hydrogen) atoms. The summed E-state index contributed by atoms with van der Waals surface area (Å²) in [6, 6.07) is 14.2. The minimum absolute atomic E-state index is 0.0110. The van der Waals surface area contributed by atoms with E-state index in [0.29, 0.717) is 88.7 Å². The van der Waals surface area contributed by atoms with Crippen molar-refractivity contribution >= 4 is 47.4 Å². The van der Waals surface area contributed by atoms with Gasteiger partial charge in [0.05, 0.1) is 44.8 Å². The van der Waals surface area contributed by atoms with Crippen molar-refractivity contribution in [1.29, 1.82) is 0 Å². The molecule has 2 aromatic carbocycles. The molecule has 2 heterocycles. The van der Waals surface area contributed by atoms with E-state index in [1.165, 1.54) is 28.8 Å². The van der Waals surface area contributed by atoms with Crippen molar-refractivity contribution in [3.05, 3.63) is 95.8 Å². The summed E-state index contributed by atoms with van der Waals surface area (Å²) in [7, 11) is 0. The number of primary amides is 1. The van der Waals surface area contributed by atoms with E-state index in [1.807, 2.05) is 55.7 Å². The van der Waals surface area contributed by atoms with Crippen molar-refractivity contribution in [1.82, 2.24) is 25.0 Å². The Morgan fingerprint density at radius 3 is 2.12 bits per heavy atom. The summed E-state index contributed by atoms with van der Waals surface area (Å²) in [5, 5.41) is 5.60. The van der Waals surface area contributed by atoms with Gasteiger partial charge < -0.3 is 40.0 Å². The predicted octanol–water partition coefficient (Wildman–Crippen LogP) is 5.76. The zero-order valence-electron chi connectivity index (χ0n) is 37.5. The predicted molar refractivity (Wildman–Crippen MR) is 243 cm³/mol. The number of thioether (sulfide) groups is 1. The highest BCUT2D eigenvalue weighted by molar-refractivity contribution is 7.99. The van der Waals surface area contributed by atoms with Crippen LogP contribution < -0.4 is 16.4 Å². The molecule has 0 saturated heterocycles. The molecule has 3 aromatic rings. The van der Waals surface area contributed by atoms with Crippen LogP contribution in [0.15, 0.2) is 72.9 Å². The average molecular weight is 925 g/mol. The summed E-state index contributed by atoms with van der Waals surface area (Å²) in [5.41, 5.74) is 6.87. The maximum atomic E-state index is 15.2. The van der Waals surface area contributed by atoms with Crippen LogP contribution in [0.4, 0.5) is 13.6 Å². The molecule has 0 fully saturated rings. The number of nitrogens with two attached hydrogens (primary N) is 1. The van der Waals surface area contributed by atoms with Gasteiger partial charge in [-0.1, -0.05) is 57.5 Å². The fraction of sp³-hybridized carbons (Fsp3) is 0.489. The quantitative estimate of drug-likeness (QED) is 0.0570. The van der Waals surface area contributed by atoms with Crippen LogP contribution in [0.1, 0.15) is 76.6 Å². The highest BCUT2D eigenvalue weighted by Gasteiger charge is 2.37. The van der Waals surface area contributed by atoms with Crippen LogP contribution >= 0.6 is 11.8 Å². The van der Waals surface area contributed by atoms with Gasteiger partial charge in [-0.05, 0) is 54.5 Å². The summed E-state index contributed by atoms with van der Waals surface area (Å²) in [6.07, 6.45) is 6.18. The lowest BCUT2D eigenvalue weighted by atomic mass is 9.83. The fourth-order valence-electron chi connectivity index (χ4n) is 7.23. The molecule has 0 radical (unpaired) electrons. The normalized spacial score (nSPS) is 13.0. The number of imide groups is 1. The monoisotopic (exact) mass is 924 g/mol. The summed E-state index contributed by atoms with van der Waals surface area (Å²) >= 11 is 1.31. The van der Waals surface area contributed by atoms with Gasteiger partial charge in [0, 0.05) is 86.5 Å². The van der Waals surface area contributed by atoms with Crippen LogP contribution in [0, 0.1) is 17.0 Å². The minimum atomic E-state index is -0.924. The average Bonchev–Trinajstić information content (AvgIpc) is 3.81. The minimum Gasteiger partial charge on any atom is -0.450 e. The standard InChI is InChI=1S/C47H62F2N6O9S/c1-47(2,3)45(39-29-35(37-30-36(48)14-15-38(37)49)32-53(39)31-34-11-6-4-7-12-34)55(22-10-23-64-46(50)61)44(60)33-65-28-18-41(57)52-20-25-63-27-26-62-24-19-51-40(56)13-8-5-9-21-54-42(58)16-17-43(54)59/h4,6-7,11-12,14-17,29-30,32,45H,5,8-10,13,18-28,31,33H2,1-3H3,(H2,50,61)(H,51,56)(H,52,57). The van der Waals surface area contributed by atoms with Crippen molar-refractivity contribution in [2.24, 2.45) is 11.1 Å². The van der Waals surface area contributed by atoms with Gasteiger partial charge >= 0.3 is 6.09 Å². The number of carbonyl (C=O) groups is 6. The smallest absolute Gasteiger partial charge is 0.404 e. The highest BCUT2D eigenvalue weighted by Crippen LogP contribution is 2.41. The van der Waals surface area contributed by atoms with Crippen LogP contribution in [-0.2, 0) is 44.7 Å². The molecule has 1 atom stereocenters. The number of nitrogens with one attached hydrogen (secondary N) is 2. The second-order valence-electron chi connectivity index (χ2n) is 16.5. The van der Waals surface area contributed by atoms with Gasteiger partial charge in [-0.2, -0.15) is 11.8 Å². The van der Waals surface area contributed by atoms with Crippen LogP contribution in [0.5, 0.6) is 0 Å². The molecule has 1 aliphatic heterocycles. The third-order valence-corrected chi connectivity index (χ3v) is 11.2. The molecule has 18 heteroatoms. The Morgan fingerprint density at radius 1 is 0.815 bits per heavy atom. The molecule has 0 aliphatic carbocycles. The lowest BCUT2D eigenvalue weighted by Crippen LogP contribution is -2.44. The Hall–Kier alpha value is -5.59. The molecule has 4 N–H and O–H groups in total. The molecule has 1 aromatic heterocycles. The van der Waals surface area contributed by atoms with Gasteiger partial charge in [0.2, 0.25) is 17.7 Å². The first-order valence-corrected chi connectivity index (χ1v) is 23.0. The Bertz CT molecular complexity index is 2060. The van der Waals surface area contributed by atoms with Gasteiger partial charge in [0.15, 0.2) is 0 Å². The first kappa shape index (κ1) is 52.0. The van der Waals surface area contributed by atoms with E-state index in [9.17, 15) is 33.2 Å². The second-order valence-corrected chi connectivity index (χ2v) is 17.6. The van der Waals surface area contributed by atoms with Crippen LogP contribution in [-0.4, -0.2) is 121 Å². The first-order chi connectivity index (χ1) is 31.1. The van der Waals surface area contributed by atoms with E-state index in [4.69, 9.17) is 19.9 Å². The van der Waals surface area contributed by atoms with Crippen LogP contribution in [0.3, 0.4) is 0 Å². The van der Waals surface area contributed by atoms with Gasteiger partial charge in [0.1, 0.15) is 11.6 Å². The highest BCUT2D eigenvalue weighted by atomic mass is 32.2. The maximum Gasteiger partial charge on any atom is 0.404 e. The largest absolute Gasteiger partial charge is 0.450 e. The van der Waals surface area contributed by atoms with Crippen molar-refractivity contribution < 1.29 is 51.8 Å². The zero-order valence-corrected chi connectivity index (χ0v) is 38.3. The molecule has 15 nitrogen and oxygen atoms in total. The summed E-state index contributed by atoms with van der Waals surface area (Å²) in [6.45, 7) is 8.78. The van der Waals surface area contributed by atoms with Crippen LogP contribution in [0.2, 0.25) is 0 Å². The number of rotatable bonds is 29. The molecule has 1 aliphatic rings. The Balaban J connectivity index is 1.20. The number of nitrogens with zero attached hydrogens (tertiary/aromatic N) is 3. The van der Waals surface area contributed by atoms with Crippen molar-refractivity contribution in [2.75, 3.05) is 70.7 Å². The van der Waals surface area contributed by atoms with Crippen LogP contribution in [0.25, 0.3) is 11.1 Å². The Labute approximate surface area is 383 Å². The number of aromatic nitrogens is 1. The molecular weight excluding hydrogens is 863 g/mol. The second kappa shape index (κ2) is 27.0. The Morgan fingerprint density at radius 2 is 1.48 bits per heavy atom. The van der Waals surface area contributed by atoms with Crippen molar-refractivity contribution in [2.45, 2.75) is 71.9 Å². The number of amides is 6. The molecule has 0 spiro atoms. The Kier molecular flexibility index (Phi) is 21.6. The topological polar surface area (TPSA) is 192 Å². The number of ether oxygens (including phenoxy) is 3. The van der Waals surface area contributed by atoms with E-state index in [1.54, 1.807) is 17.2 Å². The summed E-state index contributed by atoms with van der Waals surface area (Å²) in [5.74, 6) is -1.84. The number of halogens is 2. The van der Waals surface area contributed by atoms with Gasteiger partial charge in [-0.25, -0.2) is 13.6 Å². The molecule has 1 unspecified atom stereocenters. The molecular formula is C47H62F2N6O9S. The van der Waals surface area contributed by atoms with Gasteiger partial charge in [0.25, 0.3) is 11.8 Å². The maximum absolute atomic E-state index is 15.2. The molecule has 0 bridgehead atoms. The molecule has 354 valence electrons. The number of hydrogen-bond donors (Lipinski definition) is 3. The van der Waals surface area contributed by atoms with E-state index in [-0.39, 0.29) is 67.0 Å². The van der Waals surface area contributed by atoms with E-state index in [0.717, 1.165) is 30.2 Å². The van der Waals surface area contributed by atoms with Gasteiger partial charge in [-0.3, -0.25) is 28.9 Å². The third-order valence-electron chi connectivity index (χ3n) is 10.3. The summed E-state index contributed by atoms with van der Waals surface area (Å²) in [4.78, 5) is 76.3. The van der Waals surface area contributed by atoms with Gasteiger partial charge in [-0.15, -0.1) is 0 Å². The van der Waals surface area contributed by atoms with E-state index >= 15 is 4.39 Å². The molecule has 4 rings (SSSR count).